The maximum atomic E-state index is 4.44. The fraction of sp³-hybridized carbons (Fsp3) is 0.867. The Balaban J connectivity index is 1.99. The van der Waals surface area contributed by atoms with Gasteiger partial charge in [-0.25, -0.2) is 4.98 Å². The summed E-state index contributed by atoms with van der Waals surface area (Å²) in [6.45, 7) is 6.40. The van der Waals surface area contributed by atoms with Crippen molar-refractivity contribution in [2.75, 3.05) is 6.54 Å². The summed E-state index contributed by atoms with van der Waals surface area (Å²) in [6.07, 6.45) is 10.9. The second kappa shape index (κ2) is 7.63. The van der Waals surface area contributed by atoms with Crippen LogP contribution >= 0.6 is 0 Å². The van der Waals surface area contributed by atoms with Crippen molar-refractivity contribution in [2.45, 2.75) is 71.4 Å². The molecule has 1 aromatic heterocycles. The number of nitrogens with one attached hydrogen (secondary N) is 1. The molecule has 0 saturated heterocycles. The van der Waals surface area contributed by atoms with E-state index in [0.29, 0.717) is 6.04 Å². The van der Waals surface area contributed by atoms with Gasteiger partial charge < -0.3 is 5.32 Å². The fourth-order valence-electron chi connectivity index (χ4n) is 3.18. The Bertz CT molecular complexity index is 355. The van der Waals surface area contributed by atoms with Gasteiger partial charge in [0.1, 0.15) is 12.2 Å². The Morgan fingerprint density at radius 3 is 2.79 bits per heavy atom. The molecule has 0 bridgehead atoms. The van der Waals surface area contributed by atoms with Crippen LogP contribution in [0.15, 0.2) is 6.33 Å². The van der Waals surface area contributed by atoms with Crippen LogP contribution in [-0.2, 0) is 13.0 Å². The van der Waals surface area contributed by atoms with Crippen LogP contribution in [0.2, 0.25) is 0 Å². The highest BCUT2D eigenvalue weighted by Gasteiger charge is 2.24. The molecule has 1 aliphatic carbocycles. The number of hydrogen-bond donors (Lipinski definition) is 1. The van der Waals surface area contributed by atoms with Crippen molar-refractivity contribution in [3.63, 3.8) is 0 Å². The van der Waals surface area contributed by atoms with Crippen molar-refractivity contribution in [1.29, 1.82) is 0 Å². The number of aromatic nitrogens is 3. The van der Waals surface area contributed by atoms with Crippen LogP contribution in [0.1, 0.15) is 58.2 Å². The SMILES string of the molecule is CCCNC(Cc1ncnn1CC)C1CCCCC1. The maximum Gasteiger partial charge on any atom is 0.138 e. The van der Waals surface area contributed by atoms with Crippen LogP contribution in [0.4, 0.5) is 0 Å². The molecule has 1 saturated carbocycles. The molecule has 4 heteroatoms. The largest absolute Gasteiger partial charge is 0.313 e. The van der Waals surface area contributed by atoms with Crippen LogP contribution in [-0.4, -0.2) is 27.4 Å². The molecule has 108 valence electrons. The second-order valence-electron chi connectivity index (χ2n) is 5.65. The predicted molar refractivity (Wildman–Crippen MR) is 78.1 cm³/mol. The first-order valence-corrected chi connectivity index (χ1v) is 7.95. The van der Waals surface area contributed by atoms with E-state index in [1.807, 2.05) is 4.68 Å². The first-order chi connectivity index (χ1) is 9.35. The number of nitrogens with zero attached hydrogens (tertiary/aromatic N) is 3. The summed E-state index contributed by atoms with van der Waals surface area (Å²) in [4.78, 5) is 4.44. The standard InChI is InChI=1S/C15H28N4/c1-3-10-16-14(13-8-6-5-7-9-13)11-15-17-12-18-19(15)4-2/h12-14,16H,3-11H2,1-2H3. The molecule has 1 aromatic rings. The minimum atomic E-state index is 0.578. The summed E-state index contributed by atoms with van der Waals surface area (Å²) in [5, 5.41) is 8.04. The lowest BCUT2D eigenvalue weighted by atomic mass is 9.82. The minimum absolute atomic E-state index is 0.578. The lowest BCUT2D eigenvalue weighted by Gasteiger charge is -2.31. The van der Waals surface area contributed by atoms with Gasteiger partial charge in [0.25, 0.3) is 0 Å². The van der Waals surface area contributed by atoms with Gasteiger partial charge in [-0.2, -0.15) is 5.10 Å². The van der Waals surface area contributed by atoms with E-state index in [1.54, 1.807) is 6.33 Å². The van der Waals surface area contributed by atoms with E-state index < -0.39 is 0 Å². The average Bonchev–Trinajstić information content (AvgIpc) is 2.91. The second-order valence-corrected chi connectivity index (χ2v) is 5.65. The molecule has 0 radical (unpaired) electrons. The molecule has 1 aliphatic rings. The van der Waals surface area contributed by atoms with Crippen LogP contribution in [0.5, 0.6) is 0 Å². The monoisotopic (exact) mass is 264 g/mol. The van der Waals surface area contributed by atoms with E-state index in [9.17, 15) is 0 Å². The smallest absolute Gasteiger partial charge is 0.138 e. The van der Waals surface area contributed by atoms with Crippen LogP contribution in [0, 0.1) is 5.92 Å². The lowest BCUT2D eigenvalue weighted by Crippen LogP contribution is -2.40. The Morgan fingerprint density at radius 1 is 1.32 bits per heavy atom. The zero-order chi connectivity index (χ0) is 13.5. The number of aryl methyl sites for hydroxylation is 1. The Hall–Kier alpha value is -0.900. The highest BCUT2D eigenvalue weighted by molar-refractivity contribution is 4.93. The topological polar surface area (TPSA) is 42.7 Å². The summed E-state index contributed by atoms with van der Waals surface area (Å²) < 4.78 is 2.03. The normalized spacial score (nSPS) is 18.6. The first-order valence-electron chi connectivity index (χ1n) is 7.95. The summed E-state index contributed by atoms with van der Waals surface area (Å²) in [5.74, 6) is 1.96. The Labute approximate surface area is 117 Å². The highest BCUT2D eigenvalue weighted by Crippen LogP contribution is 2.27. The van der Waals surface area contributed by atoms with Gasteiger partial charge in [-0.1, -0.05) is 26.2 Å². The van der Waals surface area contributed by atoms with E-state index >= 15 is 0 Å². The van der Waals surface area contributed by atoms with Crippen LogP contribution in [0.3, 0.4) is 0 Å². The first kappa shape index (κ1) is 14.5. The summed E-state index contributed by atoms with van der Waals surface area (Å²) >= 11 is 0. The molecular formula is C15H28N4. The van der Waals surface area contributed by atoms with Crippen molar-refractivity contribution in [3.05, 3.63) is 12.2 Å². The van der Waals surface area contributed by atoms with Crippen molar-refractivity contribution in [1.82, 2.24) is 20.1 Å². The van der Waals surface area contributed by atoms with E-state index in [0.717, 1.165) is 31.3 Å². The molecular weight excluding hydrogens is 236 g/mol. The fourth-order valence-corrected chi connectivity index (χ4v) is 3.18. The summed E-state index contributed by atoms with van der Waals surface area (Å²) in [5.41, 5.74) is 0. The molecule has 1 heterocycles. The van der Waals surface area contributed by atoms with Gasteiger partial charge in [-0.05, 0) is 38.6 Å². The van der Waals surface area contributed by atoms with Gasteiger partial charge in [0.05, 0.1) is 0 Å². The van der Waals surface area contributed by atoms with Gasteiger partial charge >= 0.3 is 0 Å². The third-order valence-electron chi connectivity index (χ3n) is 4.27. The molecule has 0 aromatic carbocycles. The third-order valence-corrected chi connectivity index (χ3v) is 4.27. The highest BCUT2D eigenvalue weighted by atomic mass is 15.3. The van der Waals surface area contributed by atoms with Crippen molar-refractivity contribution < 1.29 is 0 Å². The van der Waals surface area contributed by atoms with Crippen LogP contribution in [0.25, 0.3) is 0 Å². The molecule has 0 amide bonds. The van der Waals surface area contributed by atoms with Gasteiger partial charge in [0.2, 0.25) is 0 Å². The van der Waals surface area contributed by atoms with Gasteiger partial charge in [-0.3, -0.25) is 4.68 Å². The van der Waals surface area contributed by atoms with Crippen molar-refractivity contribution in [3.8, 4) is 0 Å². The van der Waals surface area contributed by atoms with E-state index in [1.165, 1.54) is 38.5 Å². The molecule has 4 nitrogen and oxygen atoms in total. The Morgan fingerprint density at radius 2 is 2.11 bits per heavy atom. The molecule has 2 rings (SSSR count). The van der Waals surface area contributed by atoms with Gasteiger partial charge in [0.15, 0.2) is 0 Å². The summed E-state index contributed by atoms with van der Waals surface area (Å²) in [6, 6.07) is 0.578. The minimum Gasteiger partial charge on any atom is -0.313 e. The number of hydrogen-bond acceptors (Lipinski definition) is 3. The van der Waals surface area contributed by atoms with Crippen LogP contribution < -0.4 is 5.32 Å². The quantitative estimate of drug-likeness (QED) is 0.823. The van der Waals surface area contributed by atoms with Gasteiger partial charge in [-0.15, -0.1) is 0 Å². The number of rotatable bonds is 7. The molecule has 1 unspecified atom stereocenters. The van der Waals surface area contributed by atoms with E-state index in [-0.39, 0.29) is 0 Å². The van der Waals surface area contributed by atoms with Crippen molar-refractivity contribution in [2.24, 2.45) is 5.92 Å². The Kier molecular flexibility index (Phi) is 5.83. The zero-order valence-electron chi connectivity index (χ0n) is 12.4. The zero-order valence-corrected chi connectivity index (χ0v) is 12.4. The molecule has 19 heavy (non-hydrogen) atoms. The average molecular weight is 264 g/mol. The molecule has 1 N–H and O–H groups in total. The third kappa shape index (κ3) is 4.03. The molecule has 1 fully saturated rings. The molecule has 1 atom stereocenters. The predicted octanol–water partition coefficient (Wildman–Crippen LogP) is 2.79. The molecule has 0 spiro atoms. The summed E-state index contributed by atoms with van der Waals surface area (Å²) in [7, 11) is 0. The van der Waals surface area contributed by atoms with E-state index in [4.69, 9.17) is 0 Å². The maximum absolute atomic E-state index is 4.44. The lowest BCUT2D eigenvalue weighted by molar-refractivity contribution is 0.263. The molecule has 0 aliphatic heterocycles. The van der Waals surface area contributed by atoms with Gasteiger partial charge in [0, 0.05) is 19.0 Å². The van der Waals surface area contributed by atoms with E-state index in [2.05, 4.69) is 29.2 Å². The van der Waals surface area contributed by atoms with Crippen molar-refractivity contribution >= 4 is 0 Å².